The number of carbonyl (C=O) groups is 4. The van der Waals surface area contributed by atoms with E-state index < -0.39 is 23.8 Å². The fourth-order valence-corrected chi connectivity index (χ4v) is 6.37. The first kappa shape index (κ1) is 23.5. The Morgan fingerprint density at radius 2 is 1.67 bits per heavy atom. The number of imide groups is 2. The zero-order valence-electron chi connectivity index (χ0n) is 19.4. The third kappa shape index (κ3) is 3.79. The van der Waals surface area contributed by atoms with Crippen LogP contribution in [0.3, 0.4) is 0 Å². The van der Waals surface area contributed by atoms with Gasteiger partial charge in [-0.1, -0.05) is 35.3 Å². The van der Waals surface area contributed by atoms with Gasteiger partial charge in [-0.2, -0.15) is 0 Å². The van der Waals surface area contributed by atoms with E-state index in [4.69, 9.17) is 23.2 Å². The fourth-order valence-electron chi connectivity index (χ4n) is 5.97. The lowest BCUT2D eigenvalue weighted by atomic mass is 9.89. The summed E-state index contributed by atoms with van der Waals surface area (Å²) < 4.78 is 0. The minimum absolute atomic E-state index is 0.101. The summed E-state index contributed by atoms with van der Waals surface area (Å²) in [5.41, 5.74) is 2.53. The Hall–Kier alpha value is -2.94. The number of benzene rings is 2. The molecule has 5 aliphatic rings. The van der Waals surface area contributed by atoms with Crippen LogP contribution >= 0.6 is 23.2 Å². The molecule has 3 unspecified atom stereocenters. The van der Waals surface area contributed by atoms with Gasteiger partial charge >= 0.3 is 0 Å². The lowest BCUT2D eigenvalue weighted by Gasteiger charge is -2.52. The van der Waals surface area contributed by atoms with Crippen molar-refractivity contribution in [1.82, 2.24) is 15.1 Å². The van der Waals surface area contributed by atoms with Crippen LogP contribution < -0.4 is 10.2 Å². The Balaban J connectivity index is 1.19. The van der Waals surface area contributed by atoms with Crippen molar-refractivity contribution in [3.8, 4) is 0 Å². The van der Waals surface area contributed by atoms with Gasteiger partial charge in [-0.15, -0.1) is 0 Å². The second-order valence-corrected chi connectivity index (χ2v) is 10.7. The molecule has 36 heavy (non-hydrogen) atoms. The van der Waals surface area contributed by atoms with E-state index in [2.05, 4.69) is 15.1 Å². The topological polar surface area (TPSA) is 90.0 Å². The molecule has 5 aliphatic heterocycles. The first-order valence-electron chi connectivity index (χ1n) is 12.1. The summed E-state index contributed by atoms with van der Waals surface area (Å²) in [4.78, 5) is 55.7. The Kier molecular flexibility index (Phi) is 5.78. The minimum atomic E-state index is -0.958. The molecule has 5 heterocycles. The average Bonchev–Trinajstić information content (AvgIpc) is 3.11. The maximum Gasteiger partial charge on any atom is 0.262 e. The van der Waals surface area contributed by atoms with Crippen LogP contribution in [0, 0.1) is 0 Å². The van der Waals surface area contributed by atoms with Gasteiger partial charge < -0.3 is 4.90 Å². The van der Waals surface area contributed by atoms with Gasteiger partial charge in [0, 0.05) is 38.1 Å². The highest BCUT2D eigenvalue weighted by molar-refractivity contribution is 6.43. The second-order valence-electron chi connectivity index (χ2n) is 9.87. The second kappa shape index (κ2) is 8.87. The predicted molar refractivity (Wildman–Crippen MR) is 134 cm³/mol. The SMILES string of the molecule is O=C1CCC(N2C(=O)c3ccc(CN4CC5CCC4CN5c4cccc(Cl)c4Cl)cc3C2=O)C(=O)N1. The van der Waals surface area contributed by atoms with Crippen molar-refractivity contribution >= 4 is 52.5 Å². The van der Waals surface area contributed by atoms with Crippen molar-refractivity contribution in [2.24, 2.45) is 0 Å². The van der Waals surface area contributed by atoms with Crippen molar-refractivity contribution in [2.45, 2.75) is 50.4 Å². The van der Waals surface area contributed by atoms with E-state index in [-0.39, 0.29) is 18.7 Å². The largest absolute Gasteiger partial charge is 0.364 e. The van der Waals surface area contributed by atoms with Gasteiger partial charge in [0.15, 0.2) is 0 Å². The minimum Gasteiger partial charge on any atom is -0.364 e. The van der Waals surface area contributed by atoms with Crippen molar-refractivity contribution in [3.05, 3.63) is 63.1 Å². The fraction of sp³-hybridized carbons (Fsp3) is 0.385. The highest BCUT2D eigenvalue weighted by Crippen LogP contribution is 2.39. The number of anilines is 1. The van der Waals surface area contributed by atoms with Gasteiger partial charge in [-0.05, 0) is 49.1 Å². The highest BCUT2D eigenvalue weighted by Gasteiger charge is 2.45. The van der Waals surface area contributed by atoms with E-state index in [0.717, 1.165) is 42.1 Å². The van der Waals surface area contributed by atoms with Crippen molar-refractivity contribution < 1.29 is 19.2 Å². The molecule has 4 saturated heterocycles. The number of hydrogen-bond donors (Lipinski definition) is 1. The third-order valence-electron chi connectivity index (χ3n) is 7.77. The monoisotopic (exact) mass is 526 g/mol. The zero-order chi connectivity index (χ0) is 25.1. The normalized spacial score (nSPS) is 26.0. The third-order valence-corrected chi connectivity index (χ3v) is 8.58. The number of halogens is 2. The molecule has 8 nitrogen and oxygen atoms in total. The van der Waals surface area contributed by atoms with Gasteiger partial charge in [0.05, 0.1) is 26.9 Å². The number of rotatable bonds is 4. The molecule has 3 atom stereocenters. The predicted octanol–water partition coefficient (Wildman–Crippen LogP) is 3.25. The standard InChI is InChI=1S/C26H24Cl2N4O4/c27-19-2-1-3-20(23(19)28)31-13-15-5-6-16(31)12-30(15)11-14-4-7-17-18(10-14)26(36)32(25(17)35)21-8-9-22(33)29-24(21)34/h1-4,7,10,15-16,21H,5-6,8-9,11-13H2,(H,29,33,34). The molecular formula is C26H24Cl2N4O4. The van der Waals surface area contributed by atoms with E-state index in [1.54, 1.807) is 18.2 Å². The number of piperazine rings is 1. The van der Waals surface area contributed by atoms with Crippen LogP contribution in [-0.4, -0.2) is 64.6 Å². The number of carbonyl (C=O) groups excluding carboxylic acids is 4. The highest BCUT2D eigenvalue weighted by atomic mass is 35.5. The number of nitrogens with zero attached hydrogens (tertiary/aromatic N) is 3. The lowest BCUT2D eigenvalue weighted by molar-refractivity contribution is -0.136. The number of piperidine rings is 3. The van der Waals surface area contributed by atoms with Crippen LogP contribution in [0.2, 0.25) is 10.0 Å². The number of hydrogen-bond acceptors (Lipinski definition) is 6. The molecule has 7 rings (SSSR count). The molecule has 4 fully saturated rings. The molecule has 0 aliphatic carbocycles. The summed E-state index contributed by atoms with van der Waals surface area (Å²) >= 11 is 12.8. The maximum atomic E-state index is 13.2. The summed E-state index contributed by atoms with van der Waals surface area (Å²) in [5, 5.41) is 3.36. The van der Waals surface area contributed by atoms with Crippen LogP contribution in [0.4, 0.5) is 5.69 Å². The van der Waals surface area contributed by atoms with Crippen LogP contribution in [0.1, 0.15) is 52.0 Å². The molecule has 0 spiro atoms. The first-order valence-corrected chi connectivity index (χ1v) is 12.9. The van der Waals surface area contributed by atoms with Crippen LogP contribution in [0.5, 0.6) is 0 Å². The Morgan fingerprint density at radius 3 is 2.42 bits per heavy atom. The van der Waals surface area contributed by atoms with E-state index in [1.807, 2.05) is 18.2 Å². The van der Waals surface area contributed by atoms with Gasteiger partial charge in [0.2, 0.25) is 11.8 Å². The summed E-state index contributed by atoms with van der Waals surface area (Å²) in [7, 11) is 0. The summed E-state index contributed by atoms with van der Waals surface area (Å²) in [6.07, 6.45) is 2.39. The first-order chi connectivity index (χ1) is 17.3. The molecule has 0 radical (unpaired) electrons. The van der Waals surface area contributed by atoms with Gasteiger partial charge in [-0.25, -0.2) is 0 Å². The van der Waals surface area contributed by atoms with Crippen LogP contribution in [0.25, 0.3) is 0 Å². The van der Waals surface area contributed by atoms with Crippen molar-refractivity contribution in [3.63, 3.8) is 0 Å². The molecule has 0 saturated carbocycles. The molecule has 2 aromatic carbocycles. The quantitative estimate of drug-likeness (QED) is 0.615. The molecule has 2 aromatic rings. The zero-order valence-corrected chi connectivity index (χ0v) is 20.9. The van der Waals surface area contributed by atoms with Crippen molar-refractivity contribution in [1.29, 1.82) is 0 Å². The number of nitrogens with one attached hydrogen (secondary N) is 1. The molecule has 0 aromatic heterocycles. The summed E-state index contributed by atoms with van der Waals surface area (Å²) in [6, 6.07) is 10.7. The molecule has 10 heteroatoms. The molecule has 2 bridgehead atoms. The average molecular weight is 527 g/mol. The van der Waals surface area contributed by atoms with Crippen LogP contribution in [-0.2, 0) is 16.1 Å². The van der Waals surface area contributed by atoms with Crippen LogP contribution in [0.15, 0.2) is 36.4 Å². The summed E-state index contributed by atoms with van der Waals surface area (Å²) in [5.74, 6) is -1.95. The molecule has 4 amide bonds. The Bertz CT molecular complexity index is 1310. The van der Waals surface area contributed by atoms with E-state index in [1.165, 1.54) is 0 Å². The number of fused-ring (bicyclic) bond motifs is 4. The summed E-state index contributed by atoms with van der Waals surface area (Å²) in [6.45, 7) is 2.36. The lowest BCUT2D eigenvalue weighted by Crippen LogP contribution is -2.62. The van der Waals surface area contributed by atoms with Gasteiger partial charge in [0.1, 0.15) is 6.04 Å². The Labute approximate surface area is 218 Å². The molecular weight excluding hydrogens is 503 g/mol. The van der Waals surface area contributed by atoms with E-state index in [0.29, 0.717) is 39.8 Å². The molecule has 186 valence electrons. The van der Waals surface area contributed by atoms with Gasteiger partial charge in [0.25, 0.3) is 11.8 Å². The smallest absolute Gasteiger partial charge is 0.262 e. The van der Waals surface area contributed by atoms with E-state index >= 15 is 0 Å². The van der Waals surface area contributed by atoms with E-state index in [9.17, 15) is 19.2 Å². The molecule has 1 N–H and O–H groups in total. The maximum absolute atomic E-state index is 13.2. The van der Waals surface area contributed by atoms with Crippen molar-refractivity contribution in [2.75, 3.05) is 18.0 Å². The number of amides is 4. The van der Waals surface area contributed by atoms with Gasteiger partial charge in [-0.3, -0.25) is 34.3 Å². The Morgan fingerprint density at radius 1 is 0.889 bits per heavy atom.